The molecule has 1 aromatic heterocycles. The van der Waals surface area contributed by atoms with E-state index in [2.05, 4.69) is 10.3 Å². The number of carbonyl (C=O) groups excluding carboxylic acids is 1. The zero-order chi connectivity index (χ0) is 26.8. The van der Waals surface area contributed by atoms with Crippen molar-refractivity contribution in [1.29, 1.82) is 0 Å². The van der Waals surface area contributed by atoms with Gasteiger partial charge in [0.15, 0.2) is 9.84 Å². The highest BCUT2D eigenvalue weighted by atomic mass is 32.2. The van der Waals surface area contributed by atoms with E-state index >= 15 is 0 Å². The molecule has 0 spiro atoms. The summed E-state index contributed by atoms with van der Waals surface area (Å²) in [5.41, 5.74) is 6.37. The number of nitrogens with two attached hydrogens (primary N) is 1. The number of benzene rings is 2. The molecule has 1 heterocycles. The zero-order valence-electron chi connectivity index (χ0n) is 19.7. The molecule has 2 atom stereocenters. The predicted molar refractivity (Wildman–Crippen MR) is 128 cm³/mol. The number of amides is 1. The van der Waals surface area contributed by atoms with Gasteiger partial charge in [-0.1, -0.05) is 42.0 Å². The van der Waals surface area contributed by atoms with E-state index in [1.807, 2.05) is 0 Å². The molecule has 36 heavy (non-hydrogen) atoms. The van der Waals surface area contributed by atoms with Crippen molar-refractivity contribution in [2.75, 3.05) is 6.26 Å². The quantitative estimate of drug-likeness (QED) is 0.440. The molecule has 0 saturated heterocycles. The van der Waals surface area contributed by atoms with Gasteiger partial charge in [-0.2, -0.15) is 13.2 Å². The number of aromatic nitrogens is 1. The van der Waals surface area contributed by atoms with E-state index in [0.717, 1.165) is 24.0 Å². The molecule has 0 saturated carbocycles. The summed E-state index contributed by atoms with van der Waals surface area (Å²) < 4.78 is 77.6. The van der Waals surface area contributed by atoms with Crippen molar-refractivity contribution in [1.82, 2.24) is 10.3 Å². The number of rotatable bonds is 7. The number of halogens is 4. The molecule has 3 N–H and O–H groups in total. The topological polar surface area (TPSA) is 102 Å². The van der Waals surface area contributed by atoms with Gasteiger partial charge in [0.05, 0.1) is 11.6 Å². The van der Waals surface area contributed by atoms with Gasteiger partial charge in [-0.15, -0.1) is 0 Å². The SMILES string of the molecule is Cc1cccc(-c2nc(C(F)(F)F)ccc2CNC(=O)[C@H](C)c2ccc(C(N)S(C)(=O)=O)c(F)c2)c1. The molecule has 0 aliphatic heterocycles. The molecule has 11 heteroatoms. The minimum atomic E-state index is -4.63. The van der Waals surface area contributed by atoms with Gasteiger partial charge in [0.25, 0.3) is 0 Å². The van der Waals surface area contributed by atoms with Crippen molar-refractivity contribution in [2.24, 2.45) is 5.73 Å². The lowest BCUT2D eigenvalue weighted by Crippen LogP contribution is -2.28. The molecule has 0 radical (unpaired) electrons. The van der Waals surface area contributed by atoms with Crippen LogP contribution in [0.4, 0.5) is 17.6 Å². The molecule has 3 rings (SSSR count). The van der Waals surface area contributed by atoms with Crippen molar-refractivity contribution in [3.63, 3.8) is 0 Å². The second-order valence-corrected chi connectivity index (χ2v) is 10.7. The third kappa shape index (κ3) is 6.27. The van der Waals surface area contributed by atoms with Gasteiger partial charge < -0.3 is 11.1 Å². The summed E-state index contributed by atoms with van der Waals surface area (Å²) in [6.45, 7) is 3.21. The first-order valence-corrected chi connectivity index (χ1v) is 12.8. The van der Waals surface area contributed by atoms with E-state index in [1.165, 1.54) is 25.1 Å². The van der Waals surface area contributed by atoms with Gasteiger partial charge in [0, 0.05) is 23.9 Å². The van der Waals surface area contributed by atoms with Gasteiger partial charge in [0.2, 0.25) is 5.91 Å². The Kier molecular flexibility index (Phi) is 7.85. The Morgan fingerprint density at radius 1 is 1.11 bits per heavy atom. The van der Waals surface area contributed by atoms with E-state index in [1.54, 1.807) is 31.2 Å². The standard InChI is InChI=1S/C25H25F4N3O3S/c1-14-5-4-6-17(11-14)22-18(8-10-21(32-22)25(27,28)29)13-31-24(33)15(2)16-7-9-19(20(26)12-16)23(30)36(3,34)35/h4-12,15,23H,13,30H2,1-3H3,(H,31,33)/t15-,23?/m1/s1. The summed E-state index contributed by atoms with van der Waals surface area (Å²) in [4.78, 5) is 16.6. The van der Waals surface area contributed by atoms with Gasteiger partial charge in [-0.25, -0.2) is 17.8 Å². The van der Waals surface area contributed by atoms with Crippen LogP contribution in [-0.2, 0) is 27.4 Å². The number of carbonyl (C=O) groups is 1. The van der Waals surface area contributed by atoms with Crippen molar-refractivity contribution in [3.8, 4) is 11.3 Å². The molecule has 0 aliphatic rings. The molecular formula is C25H25F4N3O3S. The molecule has 0 aliphatic carbocycles. The number of nitrogens with one attached hydrogen (secondary N) is 1. The lowest BCUT2D eigenvalue weighted by Gasteiger charge is -2.17. The Bertz CT molecular complexity index is 1390. The minimum absolute atomic E-state index is 0.0895. The third-order valence-corrected chi connectivity index (χ3v) is 6.88. The monoisotopic (exact) mass is 523 g/mol. The van der Waals surface area contributed by atoms with Crippen molar-refractivity contribution in [2.45, 2.75) is 37.9 Å². The van der Waals surface area contributed by atoms with Crippen molar-refractivity contribution < 1.29 is 30.8 Å². The highest BCUT2D eigenvalue weighted by molar-refractivity contribution is 7.90. The van der Waals surface area contributed by atoms with Crippen LogP contribution in [0.15, 0.2) is 54.6 Å². The molecule has 192 valence electrons. The largest absolute Gasteiger partial charge is 0.433 e. The number of pyridine rings is 1. The summed E-state index contributed by atoms with van der Waals surface area (Å²) in [6, 6.07) is 12.6. The molecule has 3 aromatic rings. The Labute approximate surface area is 206 Å². The van der Waals surface area contributed by atoms with Crippen molar-refractivity contribution >= 4 is 15.7 Å². The fourth-order valence-electron chi connectivity index (χ4n) is 3.59. The second kappa shape index (κ2) is 10.4. The fourth-order valence-corrected chi connectivity index (χ4v) is 4.24. The van der Waals surface area contributed by atoms with E-state index in [0.29, 0.717) is 11.1 Å². The van der Waals surface area contributed by atoms with E-state index in [9.17, 15) is 30.8 Å². The van der Waals surface area contributed by atoms with Crippen LogP contribution in [0.1, 0.15) is 46.2 Å². The first-order valence-electron chi connectivity index (χ1n) is 10.8. The van der Waals surface area contributed by atoms with Gasteiger partial charge >= 0.3 is 6.18 Å². The highest BCUT2D eigenvalue weighted by Gasteiger charge is 2.33. The van der Waals surface area contributed by atoms with Gasteiger partial charge in [-0.05, 0) is 43.2 Å². The number of hydrogen-bond acceptors (Lipinski definition) is 5. The third-order valence-electron chi connectivity index (χ3n) is 5.70. The molecule has 6 nitrogen and oxygen atoms in total. The summed E-state index contributed by atoms with van der Waals surface area (Å²) in [5.74, 6) is -2.21. The highest BCUT2D eigenvalue weighted by Crippen LogP contribution is 2.32. The van der Waals surface area contributed by atoms with Crippen LogP contribution >= 0.6 is 0 Å². The number of hydrogen-bond donors (Lipinski definition) is 2. The number of aryl methyl sites for hydroxylation is 1. The molecule has 2 aromatic carbocycles. The average Bonchev–Trinajstić information content (AvgIpc) is 2.80. The van der Waals surface area contributed by atoms with E-state index in [-0.39, 0.29) is 23.4 Å². The summed E-state index contributed by atoms with van der Waals surface area (Å²) in [6.07, 6.45) is -3.74. The van der Waals surface area contributed by atoms with Gasteiger partial charge in [0.1, 0.15) is 16.9 Å². The normalized spacial score (nSPS) is 13.8. The smallest absolute Gasteiger partial charge is 0.351 e. The van der Waals surface area contributed by atoms with Crippen LogP contribution in [0.2, 0.25) is 0 Å². The van der Waals surface area contributed by atoms with Crippen molar-refractivity contribution in [3.05, 3.63) is 88.4 Å². The zero-order valence-corrected chi connectivity index (χ0v) is 20.5. The fraction of sp³-hybridized carbons (Fsp3) is 0.280. The first kappa shape index (κ1) is 27.3. The molecule has 1 unspecified atom stereocenters. The molecule has 0 bridgehead atoms. The van der Waals surface area contributed by atoms with Crippen LogP contribution in [0.3, 0.4) is 0 Å². The van der Waals surface area contributed by atoms with Crippen LogP contribution in [0.25, 0.3) is 11.3 Å². The summed E-state index contributed by atoms with van der Waals surface area (Å²) in [5, 5.41) is 1.12. The molecular weight excluding hydrogens is 498 g/mol. The average molecular weight is 524 g/mol. The maximum absolute atomic E-state index is 14.5. The number of sulfone groups is 1. The van der Waals surface area contributed by atoms with E-state index in [4.69, 9.17) is 5.73 Å². The Balaban J connectivity index is 1.83. The Hall–Kier alpha value is -3.31. The maximum Gasteiger partial charge on any atom is 0.433 e. The van der Waals surface area contributed by atoms with Crippen LogP contribution < -0.4 is 11.1 Å². The van der Waals surface area contributed by atoms with E-state index < -0.39 is 44.7 Å². The van der Waals surface area contributed by atoms with Crippen LogP contribution in [0.5, 0.6) is 0 Å². The number of alkyl halides is 3. The van der Waals surface area contributed by atoms with Crippen LogP contribution in [0, 0.1) is 12.7 Å². The molecule has 1 amide bonds. The summed E-state index contributed by atoms with van der Waals surface area (Å²) in [7, 11) is -3.73. The number of nitrogens with zero attached hydrogens (tertiary/aromatic N) is 1. The lowest BCUT2D eigenvalue weighted by molar-refractivity contribution is -0.141. The maximum atomic E-state index is 14.5. The first-order chi connectivity index (χ1) is 16.7. The predicted octanol–water partition coefficient (Wildman–Crippen LogP) is 4.64. The minimum Gasteiger partial charge on any atom is -0.351 e. The van der Waals surface area contributed by atoms with Gasteiger partial charge in [-0.3, -0.25) is 4.79 Å². The lowest BCUT2D eigenvalue weighted by atomic mass is 9.98. The summed E-state index contributed by atoms with van der Waals surface area (Å²) >= 11 is 0. The Morgan fingerprint density at radius 3 is 2.39 bits per heavy atom. The van der Waals surface area contributed by atoms with Crippen LogP contribution in [-0.4, -0.2) is 25.6 Å². The Morgan fingerprint density at radius 2 is 1.81 bits per heavy atom. The second-order valence-electron chi connectivity index (χ2n) is 8.54. The molecule has 0 fully saturated rings.